The van der Waals surface area contributed by atoms with Gasteiger partial charge in [0.25, 0.3) is 0 Å². The van der Waals surface area contributed by atoms with Gasteiger partial charge < -0.3 is 0 Å². The highest BCUT2D eigenvalue weighted by atomic mass is 15.1. The molecule has 0 unspecified atom stereocenters. The summed E-state index contributed by atoms with van der Waals surface area (Å²) in [7, 11) is 0. The molecule has 0 aliphatic carbocycles. The lowest BCUT2D eigenvalue weighted by Gasteiger charge is -1.96. The smallest absolute Gasteiger partial charge is 0.0991 e. The van der Waals surface area contributed by atoms with Crippen LogP contribution in [0.2, 0.25) is 0 Å². The average molecular weight is 246 g/mol. The van der Waals surface area contributed by atoms with Crippen molar-refractivity contribution in [3.8, 4) is 28.6 Å². The van der Waals surface area contributed by atoms with Crippen LogP contribution in [0.4, 0.5) is 0 Å². The Morgan fingerprint density at radius 2 is 1.95 bits per heavy atom. The van der Waals surface area contributed by atoms with Crippen LogP contribution in [0.3, 0.4) is 0 Å². The van der Waals surface area contributed by atoms with Crippen molar-refractivity contribution in [1.82, 2.24) is 15.2 Å². The minimum absolute atomic E-state index is 0.634. The summed E-state index contributed by atoms with van der Waals surface area (Å²) in [6.07, 6.45) is 3.50. The number of nitrogens with one attached hydrogen (secondary N) is 1. The minimum atomic E-state index is 0.634. The molecule has 0 fully saturated rings. The number of nitriles is 1. The van der Waals surface area contributed by atoms with Crippen molar-refractivity contribution >= 4 is 0 Å². The predicted molar refractivity (Wildman–Crippen MR) is 72.0 cm³/mol. The van der Waals surface area contributed by atoms with Gasteiger partial charge >= 0.3 is 0 Å². The van der Waals surface area contributed by atoms with Gasteiger partial charge in [-0.2, -0.15) is 10.4 Å². The number of pyridine rings is 1. The first-order valence-electron chi connectivity index (χ1n) is 5.83. The van der Waals surface area contributed by atoms with E-state index in [1.54, 1.807) is 18.5 Å². The average Bonchev–Trinajstić information content (AvgIpc) is 2.98. The topological polar surface area (TPSA) is 65.4 Å². The molecule has 0 saturated carbocycles. The summed E-state index contributed by atoms with van der Waals surface area (Å²) in [4.78, 5) is 4.07. The van der Waals surface area contributed by atoms with Gasteiger partial charge in [0.15, 0.2) is 0 Å². The van der Waals surface area contributed by atoms with Crippen molar-refractivity contribution in [1.29, 1.82) is 5.26 Å². The van der Waals surface area contributed by atoms with Crippen molar-refractivity contribution in [2.45, 2.75) is 0 Å². The first-order valence-corrected chi connectivity index (χ1v) is 5.83. The summed E-state index contributed by atoms with van der Waals surface area (Å²) in [5.41, 5.74) is 4.26. The molecule has 90 valence electrons. The molecule has 0 amide bonds. The van der Waals surface area contributed by atoms with E-state index in [9.17, 15) is 0 Å². The normalized spacial score (nSPS) is 10.1. The number of hydrogen-bond acceptors (Lipinski definition) is 3. The Kier molecular flexibility index (Phi) is 2.79. The third-order valence-electron chi connectivity index (χ3n) is 2.84. The molecule has 2 heterocycles. The lowest BCUT2D eigenvalue weighted by Crippen LogP contribution is -1.79. The van der Waals surface area contributed by atoms with E-state index in [-0.39, 0.29) is 0 Å². The number of H-pyrrole nitrogens is 1. The molecule has 0 saturated heterocycles. The summed E-state index contributed by atoms with van der Waals surface area (Å²) >= 11 is 0. The van der Waals surface area contributed by atoms with Crippen LogP contribution in [0, 0.1) is 11.3 Å². The van der Waals surface area contributed by atoms with Gasteiger partial charge in [-0.25, -0.2) is 0 Å². The second-order valence-corrected chi connectivity index (χ2v) is 4.10. The highest BCUT2D eigenvalue weighted by molar-refractivity contribution is 5.68. The number of nitrogens with zero attached hydrogens (tertiary/aromatic N) is 3. The highest BCUT2D eigenvalue weighted by Crippen LogP contribution is 2.23. The Bertz CT molecular complexity index is 738. The largest absolute Gasteiger partial charge is 0.277 e. The van der Waals surface area contributed by atoms with Gasteiger partial charge in [0, 0.05) is 23.5 Å². The zero-order chi connectivity index (χ0) is 13.1. The number of rotatable bonds is 2. The molecule has 19 heavy (non-hydrogen) atoms. The van der Waals surface area contributed by atoms with Gasteiger partial charge in [0.1, 0.15) is 0 Å². The zero-order valence-corrected chi connectivity index (χ0v) is 10.0. The van der Waals surface area contributed by atoms with E-state index in [0.29, 0.717) is 5.56 Å². The molecule has 0 spiro atoms. The van der Waals surface area contributed by atoms with Crippen molar-refractivity contribution in [2.24, 2.45) is 0 Å². The maximum absolute atomic E-state index is 8.91. The van der Waals surface area contributed by atoms with Crippen molar-refractivity contribution in [3.63, 3.8) is 0 Å². The van der Waals surface area contributed by atoms with Crippen molar-refractivity contribution < 1.29 is 0 Å². The van der Waals surface area contributed by atoms with Gasteiger partial charge in [-0.3, -0.25) is 10.1 Å². The predicted octanol–water partition coefficient (Wildman–Crippen LogP) is 3.01. The van der Waals surface area contributed by atoms with E-state index < -0.39 is 0 Å². The maximum atomic E-state index is 8.91. The first-order chi connectivity index (χ1) is 9.36. The Labute approximate surface area is 110 Å². The fourth-order valence-electron chi connectivity index (χ4n) is 1.89. The Hall–Kier alpha value is -2.93. The van der Waals surface area contributed by atoms with Crippen LogP contribution in [0.5, 0.6) is 0 Å². The van der Waals surface area contributed by atoms with E-state index in [1.807, 2.05) is 36.4 Å². The fraction of sp³-hybridized carbons (Fsp3) is 0. The molecule has 0 atom stereocenters. The molecule has 1 N–H and O–H groups in total. The summed E-state index contributed by atoms with van der Waals surface area (Å²) in [5, 5.41) is 16.2. The number of hydrogen-bond donors (Lipinski definition) is 1. The third kappa shape index (κ3) is 2.22. The molecule has 0 bridgehead atoms. The monoisotopic (exact) mass is 246 g/mol. The van der Waals surface area contributed by atoms with Crippen LogP contribution in [0.1, 0.15) is 5.56 Å². The Morgan fingerprint density at radius 3 is 2.74 bits per heavy atom. The molecule has 4 nitrogen and oxygen atoms in total. The maximum Gasteiger partial charge on any atom is 0.0991 e. The molecular formula is C15H10N4. The fourth-order valence-corrected chi connectivity index (χ4v) is 1.89. The second-order valence-electron chi connectivity index (χ2n) is 4.10. The van der Waals surface area contributed by atoms with E-state index in [0.717, 1.165) is 22.5 Å². The highest BCUT2D eigenvalue weighted by Gasteiger charge is 2.06. The van der Waals surface area contributed by atoms with Crippen LogP contribution < -0.4 is 0 Å². The Morgan fingerprint density at radius 1 is 1.05 bits per heavy atom. The van der Waals surface area contributed by atoms with Crippen molar-refractivity contribution in [3.05, 3.63) is 60.4 Å². The molecular weight excluding hydrogens is 236 g/mol. The van der Waals surface area contributed by atoms with Crippen LogP contribution in [0.25, 0.3) is 22.5 Å². The molecule has 0 aliphatic heterocycles. The van der Waals surface area contributed by atoms with Crippen LogP contribution >= 0.6 is 0 Å². The molecule has 2 aromatic heterocycles. The number of aromatic amines is 1. The molecule has 4 heteroatoms. The van der Waals surface area contributed by atoms with E-state index in [4.69, 9.17) is 5.26 Å². The van der Waals surface area contributed by atoms with E-state index in [1.165, 1.54) is 0 Å². The van der Waals surface area contributed by atoms with E-state index in [2.05, 4.69) is 21.3 Å². The van der Waals surface area contributed by atoms with E-state index >= 15 is 0 Å². The standard InChI is InChI=1S/C15H10N4/c16-9-11-3-1-4-12(7-11)14-8-15(19-18-14)13-5-2-6-17-10-13/h1-8,10H,(H,18,19). The lowest BCUT2D eigenvalue weighted by atomic mass is 10.1. The quantitative estimate of drug-likeness (QED) is 0.755. The van der Waals surface area contributed by atoms with Crippen LogP contribution in [0.15, 0.2) is 54.9 Å². The van der Waals surface area contributed by atoms with Crippen LogP contribution in [-0.2, 0) is 0 Å². The van der Waals surface area contributed by atoms with Gasteiger partial charge in [-0.05, 0) is 30.3 Å². The minimum Gasteiger partial charge on any atom is -0.277 e. The molecule has 1 aromatic carbocycles. The SMILES string of the molecule is N#Cc1cccc(-c2cc(-c3cccnc3)n[nH]2)c1. The third-order valence-corrected chi connectivity index (χ3v) is 2.84. The number of aromatic nitrogens is 3. The summed E-state index contributed by atoms with van der Waals surface area (Å²) in [6, 6.07) is 15.3. The van der Waals surface area contributed by atoms with Crippen molar-refractivity contribution in [2.75, 3.05) is 0 Å². The molecule has 3 rings (SSSR count). The first kappa shape index (κ1) is 11.2. The zero-order valence-electron chi connectivity index (χ0n) is 10.0. The molecule has 0 aliphatic rings. The van der Waals surface area contributed by atoms with Gasteiger partial charge in [0.05, 0.1) is 23.0 Å². The summed E-state index contributed by atoms with van der Waals surface area (Å²) in [5.74, 6) is 0. The van der Waals surface area contributed by atoms with Gasteiger partial charge in [-0.1, -0.05) is 12.1 Å². The molecule has 3 aromatic rings. The second kappa shape index (κ2) is 4.75. The summed E-state index contributed by atoms with van der Waals surface area (Å²) < 4.78 is 0. The lowest BCUT2D eigenvalue weighted by molar-refractivity contribution is 1.10. The van der Waals surface area contributed by atoms with Gasteiger partial charge in [0.2, 0.25) is 0 Å². The molecule has 0 radical (unpaired) electrons. The van der Waals surface area contributed by atoms with Crippen LogP contribution in [-0.4, -0.2) is 15.2 Å². The number of benzene rings is 1. The summed E-state index contributed by atoms with van der Waals surface area (Å²) in [6.45, 7) is 0. The van der Waals surface area contributed by atoms with Gasteiger partial charge in [-0.15, -0.1) is 0 Å². The Balaban J connectivity index is 2.00.